The number of carbonyl (C=O) groups is 1. The molecular weight excluding hydrogens is 368 g/mol. The van der Waals surface area contributed by atoms with Crippen molar-refractivity contribution in [1.82, 2.24) is 29.5 Å². The number of likely N-dealkylation sites (N-methyl/N-ethyl adjacent to an activating group) is 1. The zero-order valence-electron chi connectivity index (χ0n) is 16.8. The van der Waals surface area contributed by atoms with Crippen molar-refractivity contribution in [2.24, 2.45) is 0 Å². The van der Waals surface area contributed by atoms with Crippen LogP contribution in [0.1, 0.15) is 10.5 Å². The molecule has 0 saturated carbocycles. The molecule has 8 nitrogen and oxygen atoms in total. The second-order valence-electron chi connectivity index (χ2n) is 7.26. The fourth-order valence-electron chi connectivity index (χ4n) is 3.47. The molecule has 1 aliphatic heterocycles. The Morgan fingerprint density at radius 1 is 1.17 bits per heavy atom. The highest BCUT2D eigenvalue weighted by molar-refractivity contribution is 5.93. The molecule has 1 fully saturated rings. The Hall–Kier alpha value is -2.97. The molecule has 1 N–H and O–H groups in total. The Balaban J connectivity index is 1.45. The molecule has 0 atom stereocenters. The van der Waals surface area contributed by atoms with E-state index in [-0.39, 0.29) is 5.91 Å². The third kappa shape index (κ3) is 4.38. The van der Waals surface area contributed by atoms with Crippen molar-refractivity contribution < 1.29 is 9.53 Å². The van der Waals surface area contributed by atoms with Crippen molar-refractivity contribution in [3.8, 4) is 17.0 Å². The summed E-state index contributed by atoms with van der Waals surface area (Å²) in [5.74, 6) is 0.618. The van der Waals surface area contributed by atoms with Gasteiger partial charge >= 0.3 is 0 Å². The predicted octanol–water partition coefficient (Wildman–Crippen LogP) is 1.38. The molecule has 152 valence electrons. The fraction of sp³-hybridized carbons (Fsp3) is 0.381. The van der Waals surface area contributed by atoms with Crippen molar-refractivity contribution in [2.75, 3.05) is 53.4 Å². The lowest BCUT2D eigenvalue weighted by Crippen LogP contribution is -2.46. The number of aromatic nitrogens is 3. The number of rotatable bonds is 6. The lowest BCUT2D eigenvalue weighted by Gasteiger charge is -2.32. The summed E-state index contributed by atoms with van der Waals surface area (Å²) in [6.07, 6.45) is 5.26. The molecule has 1 saturated heterocycles. The van der Waals surface area contributed by atoms with Crippen LogP contribution in [-0.2, 0) is 0 Å². The maximum Gasteiger partial charge on any atom is 0.271 e. The second-order valence-corrected chi connectivity index (χ2v) is 7.26. The van der Waals surface area contributed by atoms with Gasteiger partial charge in [0.25, 0.3) is 5.91 Å². The molecule has 8 heteroatoms. The number of hydrogen-bond donors (Lipinski definition) is 1. The van der Waals surface area contributed by atoms with Crippen molar-refractivity contribution in [2.45, 2.75) is 0 Å². The Bertz CT molecular complexity index is 977. The molecular formula is C21H26N6O2. The van der Waals surface area contributed by atoms with Crippen LogP contribution in [0.2, 0.25) is 0 Å². The zero-order chi connectivity index (χ0) is 20.2. The summed E-state index contributed by atoms with van der Waals surface area (Å²) in [5.41, 5.74) is 2.70. The third-order valence-corrected chi connectivity index (χ3v) is 5.28. The minimum atomic E-state index is -0.163. The van der Waals surface area contributed by atoms with Crippen LogP contribution in [0.4, 0.5) is 0 Å². The van der Waals surface area contributed by atoms with Gasteiger partial charge in [0.2, 0.25) is 0 Å². The van der Waals surface area contributed by atoms with E-state index in [2.05, 4.69) is 32.1 Å². The second kappa shape index (κ2) is 8.59. The van der Waals surface area contributed by atoms with Gasteiger partial charge in [-0.1, -0.05) is 0 Å². The van der Waals surface area contributed by atoms with E-state index in [4.69, 9.17) is 4.74 Å². The Labute approximate surface area is 170 Å². The summed E-state index contributed by atoms with van der Waals surface area (Å²) < 4.78 is 7.05. The molecule has 1 amide bonds. The van der Waals surface area contributed by atoms with Crippen molar-refractivity contribution >= 4 is 11.6 Å². The van der Waals surface area contributed by atoms with Crippen molar-refractivity contribution in [1.29, 1.82) is 0 Å². The minimum Gasteiger partial charge on any atom is -0.497 e. The van der Waals surface area contributed by atoms with E-state index in [1.165, 1.54) is 0 Å². The summed E-state index contributed by atoms with van der Waals surface area (Å²) in [6, 6.07) is 7.64. The highest BCUT2D eigenvalue weighted by atomic mass is 16.5. The van der Waals surface area contributed by atoms with Crippen LogP contribution < -0.4 is 10.1 Å². The standard InChI is InChI=1S/C21H26N6O2/c1-25-11-13-26(14-12-25)9-7-23-21(28)18-15-27-10-8-22-19(20(27)24-18)16-3-5-17(29-2)6-4-16/h3-6,8,10,15H,7,9,11-14H2,1-2H3,(H,23,28). The number of imidazole rings is 1. The van der Waals surface area contributed by atoms with E-state index in [1.807, 2.05) is 28.7 Å². The highest BCUT2D eigenvalue weighted by Gasteiger charge is 2.16. The summed E-state index contributed by atoms with van der Waals surface area (Å²) >= 11 is 0. The number of benzene rings is 1. The van der Waals surface area contributed by atoms with Crippen molar-refractivity contribution in [3.05, 3.63) is 48.5 Å². The number of fused-ring (bicyclic) bond motifs is 1. The maximum absolute atomic E-state index is 12.6. The number of nitrogens with one attached hydrogen (secondary N) is 1. The van der Waals surface area contributed by atoms with Gasteiger partial charge in [0.05, 0.1) is 7.11 Å². The first-order chi connectivity index (χ1) is 14.1. The highest BCUT2D eigenvalue weighted by Crippen LogP contribution is 2.24. The molecule has 1 aromatic carbocycles. The van der Waals surface area contributed by atoms with Gasteiger partial charge in [-0.3, -0.25) is 14.7 Å². The molecule has 0 radical (unpaired) electrons. The van der Waals surface area contributed by atoms with Crippen LogP contribution in [0.25, 0.3) is 16.9 Å². The predicted molar refractivity (Wildman–Crippen MR) is 111 cm³/mol. The van der Waals surface area contributed by atoms with Crippen LogP contribution in [-0.4, -0.2) is 83.5 Å². The maximum atomic E-state index is 12.6. The average Bonchev–Trinajstić information content (AvgIpc) is 3.20. The molecule has 0 unspecified atom stereocenters. The Kier molecular flexibility index (Phi) is 5.73. The molecule has 2 aromatic heterocycles. The van der Waals surface area contributed by atoms with Gasteiger partial charge in [-0.05, 0) is 31.3 Å². The minimum absolute atomic E-state index is 0.163. The molecule has 1 aliphatic rings. The van der Waals surface area contributed by atoms with E-state index < -0.39 is 0 Å². The average molecular weight is 394 g/mol. The molecule has 0 bridgehead atoms. The summed E-state index contributed by atoms with van der Waals surface area (Å²) in [6.45, 7) is 5.68. The number of amides is 1. The molecule has 4 rings (SSSR count). The first kappa shape index (κ1) is 19.4. The number of ether oxygens (including phenoxy) is 1. The van der Waals surface area contributed by atoms with Gasteiger partial charge in [0.15, 0.2) is 5.65 Å². The van der Waals surface area contributed by atoms with Gasteiger partial charge in [0, 0.05) is 63.4 Å². The van der Waals surface area contributed by atoms with E-state index in [0.717, 1.165) is 49.7 Å². The lowest BCUT2D eigenvalue weighted by molar-refractivity contribution is 0.0936. The summed E-state index contributed by atoms with van der Waals surface area (Å²) in [4.78, 5) is 26.3. The van der Waals surface area contributed by atoms with Crippen molar-refractivity contribution in [3.63, 3.8) is 0 Å². The summed E-state index contributed by atoms with van der Waals surface area (Å²) in [5, 5.41) is 2.99. The van der Waals surface area contributed by atoms with Gasteiger partial charge < -0.3 is 19.4 Å². The number of methoxy groups -OCH3 is 1. The SMILES string of the molecule is COc1ccc(-c2nccn3cc(C(=O)NCCN4CCN(C)CC4)nc23)cc1. The Morgan fingerprint density at radius 2 is 1.93 bits per heavy atom. The van der Waals surface area contributed by atoms with Crippen LogP contribution in [0.5, 0.6) is 5.75 Å². The van der Waals surface area contributed by atoms with Crippen LogP contribution >= 0.6 is 0 Å². The van der Waals surface area contributed by atoms with E-state index in [9.17, 15) is 4.79 Å². The van der Waals surface area contributed by atoms with Crippen LogP contribution in [0, 0.1) is 0 Å². The largest absolute Gasteiger partial charge is 0.497 e. The van der Waals surface area contributed by atoms with Gasteiger partial charge in [0.1, 0.15) is 17.1 Å². The molecule has 0 spiro atoms. The first-order valence-electron chi connectivity index (χ1n) is 9.81. The molecule has 3 heterocycles. The number of piperazine rings is 1. The number of nitrogens with zero attached hydrogens (tertiary/aromatic N) is 5. The van der Waals surface area contributed by atoms with E-state index in [0.29, 0.717) is 17.9 Å². The molecule has 0 aliphatic carbocycles. The van der Waals surface area contributed by atoms with E-state index in [1.54, 1.807) is 25.7 Å². The monoisotopic (exact) mass is 394 g/mol. The Morgan fingerprint density at radius 3 is 2.66 bits per heavy atom. The quantitative estimate of drug-likeness (QED) is 0.681. The van der Waals surface area contributed by atoms with Gasteiger partial charge in [-0.15, -0.1) is 0 Å². The summed E-state index contributed by atoms with van der Waals surface area (Å²) in [7, 11) is 3.77. The topological polar surface area (TPSA) is 75.0 Å². The zero-order valence-corrected chi connectivity index (χ0v) is 16.8. The van der Waals surface area contributed by atoms with E-state index >= 15 is 0 Å². The van der Waals surface area contributed by atoms with Crippen LogP contribution in [0.15, 0.2) is 42.9 Å². The fourth-order valence-corrected chi connectivity index (χ4v) is 3.47. The molecule has 29 heavy (non-hydrogen) atoms. The lowest BCUT2D eigenvalue weighted by atomic mass is 10.1. The third-order valence-electron chi connectivity index (χ3n) is 5.28. The number of hydrogen-bond acceptors (Lipinski definition) is 6. The van der Waals surface area contributed by atoms with Crippen LogP contribution in [0.3, 0.4) is 0 Å². The normalized spacial score (nSPS) is 15.5. The van der Waals surface area contributed by atoms with Gasteiger partial charge in [-0.2, -0.15) is 0 Å². The number of carbonyl (C=O) groups excluding carboxylic acids is 1. The van der Waals surface area contributed by atoms with Gasteiger partial charge in [-0.25, -0.2) is 4.98 Å². The smallest absolute Gasteiger partial charge is 0.271 e. The first-order valence-corrected chi connectivity index (χ1v) is 9.81. The molecule has 3 aromatic rings.